The average Bonchev–Trinajstić information content (AvgIpc) is 2.15. The Morgan fingerprint density at radius 2 is 2.12 bits per heavy atom. The summed E-state index contributed by atoms with van der Waals surface area (Å²) in [6.45, 7) is 4.73. The predicted molar refractivity (Wildman–Crippen MR) is 74.6 cm³/mol. The fraction of sp³-hybridized carbons (Fsp3) is 0.417. The van der Waals surface area contributed by atoms with Crippen LogP contribution < -0.4 is 0 Å². The molecular formula is C12H17BrClNO2. The molecule has 0 aliphatic carbocycles. The minimum atomic E-state index is -0.788. The molecule has 0 aromatic heterocycles. The Morgan fingerprint density at radius 1 is 1.47 bits per heavy atom. The van der Waals surface area contributed by atoms with E-state index in [9.17, 15) is 4.79 Å². The largest absolute Gasteiger partial charge is 0.480 e. The zero-order chi connectivity index (χ0) is 12.1. The third-order valence-corrected chi connectivity index (χ3v) is 2.84. The van der Waals surface area contributed by atoms with Crippen LogP contribution in [0.4, 0.5) is 0 Å². The molecule has 0 bridgehead atoms. The van der Waals surface area contributed by atoms with Crippen LogP contribution in [-0.4, -0.2) is 28.6 Å². The number of hydrogen-bond donors (Lipinski definition) is 1. The molecule has 1 N–H and O–H groups in total. The summed E-state index contributed by atoms with van der Waals surface area (Å²) in [5.41, 5.74) is 1.12. The van der Waals surface area contributed by atoms with Crippen molar-refractivity contribution in [2.75, 3.05) is 6.54 Å². The van der Waals surface area contributed by atoms with Gasteiger partial charge in [-0.25, -0.2) is 0 Å². The number of halogens is 2. The highest BCUT2D eigenvalue weighted by molar-refractivity contribution is 9.10. The van der Waals surface area contributed by atoms with E-state index in [0.29, 0.717) is 6.54 Å². The highest BCUT2D eigenvalue weighted by Gasteiger charge is 2.13. The second-order valence-corrected chi connectivity index (χ2v) is 4.94. The monoisotopic (exact) mass is 321 g/mol. The summed E-state index contributed by atoms with van der Waals surface area (Å²) in [7, 11) is 0. The molecule has 0 heterocycles. The molecule has 1 rings (SSSR count). The third kappa shape index (κ3) is 6.05. The SMILES string of the molecule is CC(C)N(CC(=O)O)Cc1cccc(Br)c1.Cl. The molecule has 0 spiro atoms. The van der Waals surface area contributed by atoms with Gasteiger partial charge in [0.25, 0.3) is 0 Å². The van der Waals surface area contributed by atoms with E-state index in [-0.39, 0.29) is 25.0 Å². The van der Waals surface area contributed by atoms with Crippen molar-refractivity contribution in [3.63, 3.8) is 0 Å². The molecule has 0 saturated heterocycles. The molecule has 0 saturated carbocycles. The van der Waals surface area contributed by atoms with E-state index in [0.717, 1.165) is 10.0 Å². The maximum absolute atomic E-state index is 10.7. The Hall–Kier alpha value is -0.580. The van der Waals surface area contributed by atoms with E-state index in [1.54, 1.807) is 0 Å². The van der Waals surface area contributed by atoms with Crippen molar-refractivity contribution in [3.8, 4) is 0 Å². The molecule has 1 aromatic carbocycles. The van der Waals surface area contributed by atoms with Crippen molar-refractivity contribution in [1.29, 1.82) is 0 Å². The number of carbonyl (C=O) groups is 1. The number of rotatable bonds is 5. The summed E-state index contributed by atoms with van der Waals surface area (Å²) < 4.78 is 1.02. The second kappa shape index (κ2) is 7.69. The molecule has 0 aliphatic heterocycles. The number of hydrogen-bond acceptors (Lipinski definition) is 2. The van der Waals surface area contributed by atoms with Crippen LogP contribution in [0, 0.1) is 0 Å². The van der Waals surface area contributed by atoms with Crippen LogP contribution >= 0.6 is 28.3 Å². The van der Waals surface area contributed by atoms with Crippen LogP contribution in [0.3, 0.4) is 0 Å². The van der Waals surface area contributed by atoms with E-state index in [1.165, 1.54) is 0 Å². The Balaban J connectivity index is 0.00000256. The topological polar surface area (TPSA) is 40.5 Å². The Kier molecular flexibility index (Phi) is 7.43. The summed E-state index contributed by atoms with van der Waals surface area (Å²) in [6.07, 6.45) is 0. The lowest BCUT2D eigenvalue weighted by molar-refractivity contribution is -0.138. The fourth-order valence-corrected chi connectivity index (χ4v) is 1.91. The summed E-state index contributed by atoms with van der Waals surface area (Å²) in [4.78, 5) is 12.6. The molecule has 0 radical (unpaired) electrons. The van der Waals surface area contributed by atoms with Crippen molar-refractivity contribution >= 4 is 34.3 Å². The van der Waals surface area contributed by atoms with Gasteiger partial charge < -0.3 is 5.11 Å². The van der Waals surface area contributed by atoms with Crippen LogP contribution in [0.1, 0.15) is 19.4 Å². The summed E-state index contributed by atoms with van der Waals surface area (Å²) in [5, 5.41) is 8.81. The lowest BCUT2D eigenvalue weighted by atomic mass is 10.2. The smallest absolute Gasteiger partial charge is 0.317 e. The van der Waals surface area contributed by atoms with Gasteiger partial charge in [0.1, 0.15) is 0 Å². The van der Waals surface area contributed by atoms with Gasteiger partial charge in [0.15, 0.2) is 0 Å². The first-order chi connectivity index (χ1) is 7.49. The minimum Gasteiger partial charge on any atom is -0.480 e. The van der Waals surface area contributed by atoms with Gasteiger partial charge in [-0.15, -0.1) is 12.4 Å². The van der Waals surface area contributed by atoms with Gasteiger partial charge in [-0.3, -0.25) is 9.69 Å². The number of nitrogens with zero attached hydrogens (tertiary/aromatic N) is 1. The van der Waals surface area contributed by atoms with Gasteiger partial charge in [0.2, 0.25) is 0 Å². The van der Waals surface area contributed by atoms with Gasteiger partial charge in [0, 0.05) is 17.1 Å². The maximum atomic E-state index is 10.7. The van der Waals surface area contributed by atoms with Crippen molar-refractivity contribution in [2.24, 2.45) is 0 Å². The molecule has 5 heteroatoms. The van der Waals surface area contributed by atoms with Crippen molar-refractivity contribution in [1.82, 2.24) is 4.90 Å². The van der Waals surface area contributed by atoms with Crippen LogP contribution in [0.15, 0.2) is 28.7 Å². The molecule has 1 aromatic rings. The van der Waals surface area contributed by atoms with Gasteiger partial charge in [0.05, 0.1) is 6.54 Å². The molecule has 0 aliphatic rings. The number of benzene rings is 1. The zero-order valence-corrected chi connectivity index (χ0v) is 12.3. The predicted octanol–water partition coefficient (Wildman–Crippen LogP) is 3.17. The second-order valence-electron chi connectivity index (χ2n) is 4.02. The quantitative estimate of drug-likeness (QED) is 0.905. The molecule has 96 valence electrons. The summed E-state index contributed by atoms with van der Waals surface area (Å²) >= 11 is 3.41. The Morgan fingerprint density at radius 3 is 2.59 bits per heavy atom. The van der Waals surface area contributed by atoms with Crippen LogP contribution in [0.2, 0.25) is 0 Å². The molecule has 0 atom stereocenters. The normalized spacial score (nSPS) is 10.4. The molecule has 3 nitrogen and oxygen atoms in total. The highest BCUT2D eigenvalue weighted by Crippen LogP contribution is 2.14. The van der Waals surface area contributed by atoms with Crippen LogP contribution in [0.25, 0.3) is 0 Å². The first-order valence-corrected chi connectivity index (χ1v) is 5.98. The zero-order valence-electron chi connectivity index (χ0n) is 9.89. The standard InChI is InChI=1S/C12H16BrNO2.ClH/c1-9(2)14(8-12(15)16)7-10-4-3-5-11(13)6-10;/h3-6,9H,7-8H2,1-2H3,(H,15,16);1H. The van der Waals surface area contributed by atoms with Crippen LogP contribution in [0.5, 0.6) is 0 Å². The number of carboxylic acids is 1. The van der Waals surface area contributed by atoms with Gasteiger partial charge in [-0.1, -0.05) is 28.1 Å². The Labute approximate surface area is 116 Å². The van der Waals surface area contributed by atoms with Crippen molar-refractivity contribution < 1.29 is 9.90 Å². The lowest BCUT2D eigenvalue weighted by Crippen LogP contribution is -2.35. The first-order valence-electron chi connectivity index (χ1n) is 5.19. The third-order valence-electron chi connectivity index (χ3n) is 2.34. The van der Waals surface area contributed by atoms with Crippen molar-refractivity contribution in [2.45, 2.75) is 26.4 Å². The van der Waals surface area contributed by atoms with E-state index in [2.05, 4.69) is 15.9 Å². The molecular weight excluding hydrogens is 305 g/mol. The molecule has 0 unspecified atom stereocenters. The molecule has 17 heavy (non-hydrogen) atoms. The van der Waals surface area contributed by atoms with E-state index in [4.69, 9.17) is 5.11 Å². The maximum Gasteiger partial charge on any atom is 0.317 e. The number of carboxylic acid groups (broad SMARTS) is 1. The van der Waals surface area contributed by atoms with E-state index >= 15 is 0 Å². The van der Waals surface area contributed by atoms with E-state index < -0.39 is 5.97 Å². The fourth-order valence-electron chi connectivity index (χ4n) is 1.46. The van der Waals surface area contributed by atoms with Gasteiger partial charge in [-0.2, -0.15) is 0 Å². The minimum absolute atomic E-state index is 0. The Bertz CT molecular complexity index is 371. The van der Waals surface area contributed by atoms with Gasteiger partial charge >= 0.3 is 5.97 Å². The summed E-state index contributed by atoms with van der Waals surface area (Å²) in [5.74, 6) is -0.788. The molecule has 0 fully saturated rings. The van der Waals surface area contributed by atoms with Crippen molar-refractivity contribution in [3.05, 3.63) is 34.3 Å². The molecule has 0 amide bonds. The highest BCUT2D eigenvalue weighted by atomic mass is 79.9. The summed E-state index contributed by atoms with van der Waals surface area (Å²) in [6, 6.07) is 8.15. The van der Waals surface area contributed by atoms with Crippen LogP contribution in [-0.2, 0) is 11.3 Å². The van der Waals surface area contributed by atoms with E-state index in [1.807, 2.05) is 43.0 Å². The lowest BCUT2D eigenvalue weighted by Gasteiger charge is -2.24. The first kappa shape index (κ1) is 16.4. The van der Waals surface area contributed by atoms with Gasteiger partial charge in [-0.05, 0) is 31.5 Å². The average molecular weight is 323 g/mol. The number of aliphatic carboxylic acids is 1.